The van der Waals surface area contributed by atoms with Gasteiger partial charge in [-0.2, -0.15) is 0 Å². The molecule has 0 saturated heterocycles. The van der Waals surface area contributed by atoms with E-state index in [1.807, 2.05) is 30.3 Å². The van der Waals surface area contributed by atoms with E-state index in [1.165, 1.54) is 31.6 Å². The zero-order chi connectivity index (χ0) is 17.4. The predicted octanol–water partition coefficient (Wildman–Crippen LogP) is 3.87. The zero-order valence-electron chi connectivity index (χ0n) is 13.2. The van der Waals surface area contributed by atoms with Crippen LogP contribution >= 0.6 is 0 Å². The fourth-order valence-electron chi connectivity index (χ4n) is 2.23. The van der Waals surface area contributed by atoms with Gasteiger partial charge >= 0.3 is 0 Å². The van der Waals surface area contributed by atoms with Gasteiger partial charge in [0.1, 0.15) is 0 Å². The Hall–Kier alpha value is -3.15. The molecule has 24 heavy (non-hydrogen) atoms. The van der Waals surface area contributed by atoms with Gasteiger partial charge in [0.25, 0.3) is 5.69 Å². The number of carbonyl (C=O) groups is 1. The Balaban J connectivity index is 2.17. The normalized spacial score (nSPS) is 11.9. The summed E-state index contributed by atoms with van der Waals surface area (Å²) in [6, 6.07) is 15.4. The second-order valence-electron chi connectivity index (χ2n) is 5.12. The summed E-state index contributed by atoms with van der Waals surface area (Å²) >= 11 is 0. The van der Waals surface area contributed by atoms with Gasteiger partial charge in [-0.3, -0.25) is 14.9 Å². The largest absolute Gasteiger partial charge is 0.504 e. The number of anilines is 1. The van der Waals surface area contributed by atoms with E-state index < -0.39 is 4.92 Å². The molecule has 0 amide bonds. The second kappa shape index (κ2) is 8.47. The van der Waals surface area contributed by atoms with E-state index in [0.717, 1.165) is 5.56 Å². The van der Waals surface area contributed by atoms with Gasteiger partial charge < -0.3 is 10.1 Å². The number of rotatable bonds is 8. The summed E-state index contributed by atoms with van der Waals surface area (Å²) in [4.78, 5) is 22.3. The van der Waals surface area contributed by atoms with Crippen LogP contribution in [0.4, 0.5) is 11.4 Å². The van der Waals surface area contributed by atoms with Crippen LogP contribution in [-0.4, -0.2) is 17.8 Å². The molecule has 0 aliphatic rings. The Labute approximate surface area is 139 Å². The van der Waals surface area contributed by atoms with E-state index in [1.54, 1.807) is 12.1 Å². The summed E-state index contributed by atoms with van der Waals surface area (Å²) in [6.45, 7) is 0. The molecule has 2 aromatic rings. The highest BCUT2D eigenvalue weighted by molar-refractivity contribution is 5.90. The lowest BCUT2D eigenvalue weighted by Gasteiger charge is -2.19. The molecular weight excluding hydrogens is 308 g/mol. The highest BCUT2D eigenvalue weighted by Gasteiger charge is 2.15. The molecule has 0 aliphatic carbocycles. The lowest BCUT2D eigenvalue weighted by Crippen LogP contribution is -2.14. The molecule has 2 rings (SSSR count). The van der Waals surface area contributed by atoms with Crippen molar-refractivity contribution in [2.24, 2.45) is 0 Å². The van der Waals surface area contributed by atoms with Crippen LogP contribution in [0.5, 0.6) is 0 Å². The van der Waals surface area contributed by atoms with Crippen LogP contribution in [0.1, 0.15) is 18.0 Å². The van der Waals surface area contributed by atoms with Gasteiger partial charge in [-0.25, -0.2) is 0 Å². The molecule has 2 aromatic carbocycles. The average molecular weight is 326 g/mol. The number of nitrogens with one attached hydrogen (secondary N) is 1. The number of non-ortho nitro benzene ring substituents is 1. The number of ether oxygens (including phenoxy) is 1. The minimum Gasteiger partial charge on any atom is -0.504 e. The predicted molar refractivity (Wildman–Crippen MR) is 91.7 cm³/mol. The van der Waals surface area contributed by atoms with Crippen LogP contribution in [0.25, 0.3) is 0 Å². The number of nitrogens with zero attached hydrogens (tertiary/aromatic N) is 1. The Morgan fingerprint density at radius 1 is 1.21 bits per heavy atom. The molecule has 0 aliphatic heterocycles. The van der Waals surface area contributed by atoms with Crippen LogP contribution in [-0.2, 0) is 9.53 Å². The minimum atomic E-state index is -0.447. The Bertz CT molecular complexity index is 712. The minimum absolute atomic E-state index is 0.0240. The summed E-state index contributed by atoms with van der Waals surface area (Å²) in [5.74, 6) is -0.0832. The van der Waals surface area contributed by atoms with E-state index in [2.05, 4.69) is 5.32 Å². The molecule has 0 saturated carbocycles. The first-order chi connectivity index (χ1) is 11.6. The quantitative estimate of drug-likeness (QED) is 0.345. The SMILES string of the molecule is CO/C=C/C(=O)CC(Nc1ccc([N+](=O)[O-])cc1)c1ccccc1. The lowest BCUT2D eigenvalue weighted by atomic mass is 10.0. The lowest BCUT2D eigenvalue weighted by molar-refractivity contribution is -0.384. The molecule has 1 atom stereocenters. The molecule has 124 valence electrons. The van der Waals surface area contributed by atoms with Crippen molar-refractivity contribution >= 4 is 17.2 Å². The van der Waals surface area contributed by atoms with Crippen molar-refractivity contribution in [3.05, 3.63) is 82.6 Å². The molecule has 1 N–H and O–H groups in total. The molecule has 0 spiro atoms. The van der Waals surface area contributed by atoms with Gasteiger partial charge in [-0.1, -0.05) is 30.3 Å². The first kappa shape index (κ1) is 17.2. The number of nitro benzene ring substituents is 1. The number of nitro groups is 1. The third-order valence-corrected chi connectivity index (χ3v) is 3.42. The number of hydrogen-bond donors (Lipinski definition) is 1. The van der Waals surface area contributed by atoms with Crippen LogP contribution in [0.3, 0.4) is 0 Å². The van der Waals surface area contributed by atoms with Crippen molar-refractivity contribution < 1.29 is 14.5 Å². The maximum absolute atomic E-state index is 12.0. The molecular formula is C18H18N2O4. The summed E-state index contributed by atoms with van der Waals surface area (Å²) in [6.07, 6.45) is 2.96. The summed E-state index contributed by atoms with van der Waals surface area (Å²) in [5.41, 5.74) is 1.68. The van der Waals surface area contributed by atoms with Crippen molar-refractivity contribution in [2.75, 3.05) is 12.4 Å². The highest BCUT2D eigenvalue weighted by Crippen LogP contribution is 2.24. The average Bonchev–Trinajstić information content (AvgIpc) is 2.60. The van der Waals surface area contributed by atoms with Gasteiger partial charge in [0.05, 0.1) is 24.3 Å². The van der Waals surface area contributed by atoms with Crippen LogP contribution < -0.4 is 5.32 Å². The number of benzene rings is 2. The zero-order valence-corrected chi connectivity index (χ0v) is 13.2. The van der Waals surface area contributed by atoms with Crippen molar-refractivity contribution in [2.45, 2.75) is 12.5 Å². The monoisotopic (exact) mass is 326 g/mol. The molecule has 1 unspecified atom stereocenters. The van der Waals surface area contributed by atoms with Crippen molar-refractivity contribution in [3.63, 3.8) is 0 Å². The van der Waals surface area contributed by atoms with Crippen LogP contribution in [0, 0.1) is 10.1 Å². The Morgan fingerprint density at radius 2 is 1.88 bits per heavy atom. The van der Waals surface area contributed by atoms with E-state index in [9.17, 15) is 14.9 Å². The van der Waals surface area contributed by atoms with Crippen molar-refractivity contribution in [3.8, 4) is 0 Å². The molecule has 0 heterocycles. The Kier molecular flexibility index (Phi) is 6.08. The second-order valence-corrected chi connectivity index (χ2v) is 5.12. The highest BCUT2D eigenvalue weighted by atomic mass is 16.6. The van der Waals surface area contributed by atoms with E-state index >= 15 is 0 Å². The standard InChI is InChI=1S/C18H18N2O4/c1-24-12-11-17(21)13-18(14-5-3-2-4-6-14)19-15-7-9-16(10-8-15)20(22)23/h2-12,18-19H,13H2,1H3/b12-11+. The number of carbonyl (C=O) groups excluding carboxylic acids is 1. The summed E-state index contributed by atoms with van der Waals surface area (Å²) in [7, 11) is 1.48. The van der Waals surface area contributed by atoms with E-state index in [4.69, 9.17) is 4.74 Å². The summed E-state index contributed by atoms with van der Waals surface area (Å²) < 4.78 is 4.77. The van der Waals surface area contributed by atoms with Crippen molar-refractivity contribution in [1.29, 1.82) is 0 Å². The topological polar surface area (TPSA) is 81.5 Å². The maximum Gasteiger partial charge on any atom is 0.269 e. The van der Waals surface area contributed by atoms with Gasteiger partial charge in [0.15, 0.2) is 5.78 Å². The first-order valence-corrected chi connectivity index (χ1v) is 7.38. The fourth-order valence-corrected chi connectivity index (χ4v) is 2.23. The van der Waals surface area contributed by atoms with Gasteiger partial charge in [-0.05, 0) is 17.7 Å². The number of hydrogen-bond acceptors (Lipinski definition) is 5. The van der Waals surface area contributed by atoms with Crippen molar-refractivity contribution in [1.82, 2.24) is 0 Å². The first-order valence-electron chi connectivity index (χ1n) is 7.38. The maximum atomic E-state index is 12.0. The molecule has 0 aromatic heterocycles. The third-order valence-electron chi connectivity index (χ3n) is 3.42. The Morgan fingerprint density at radius 3 is 2.46 bits per heavy atom. The van der Waals surface area contributed by atoms with Gasteiger partial charge in [-0.15, -0.1) is 0 Å². The van der Waals surface area contributed by atoms with Gasteiger partial charge in [0.2, 0.25) is 0 Å². The van der Waals surface area contributed by atoms with E-state index in [0.29, 0.717) is 5.69 Å². The number of methoxy groups -OCH3 is 1. The van der Waals surface area contributed by atoms with Crippen LogP contribution in [0.15, 0.2) is 66.9 Å². The van der Waals surface area contributed by atoms with E-state index in [-0.39, 0.29) is 23.9 Å². The number of allylic oxidation sites excluding steroid dienone is 1. The molecule has 6 nitrogen and oxygen atoms in total. The number of ketones is 1. The molecule has 6 heteroatoms. The summed E-state index contributed by atoms with van der Waals surface area (Å²) in [5, 5.41) is 14.0. The molecule has 0 bridgehead atoms. The third kappa shape index (κ3) is 4.95. The van der Waals surface area contributed by atoms with Gasteiger partial charge in [0, 0.05) is 30.3 Å². The van der Waals surface area contributed by atoms with Crippen LogP contribution in [0.2, 0.25) is 0 Å². The molecule has 0 radical (unpaired) electrons. The fraction of sp³-hybridized carbons (Fsp3) is 0.167. The molecule has 0 fully saturated rings. The smallest absolute Gasteiger partial charge is 0.269 e.